The molecule has 0 radical (unpaired) electrons. The Bertz CT molecular complexity index is 1240. The van der Waals surface area contributed by atoms with Gasteiger partial charge in [-0.1, -0.05) is 84.9 Å². The third kappa shape index (κ3) is 4.57. The van der Waals surface area contributed by atoms with Gasteiger partial charge in [-0.2, -0.15) is 0 Å². The number of amides is 1. The SMILES string of the molecule is NC(Cc1cccc2ccccc12)C(=O)NC(Cc1cccc2ccccc12)C(=O)O. The van der Waals surface area contributed by atoms with Gasteiger partial charge < -0.3 is 16.2 Å². The minimum atomic E-state index is -1.08. The van der Waals surface area contributed by atoms with E-state index in [2.05, 4.69) is 5.32 Å². The van der Waals surface area contributed by atoms with Crippen molar-refractivity contribution in [2.75, 3.05) is 0 Å². The second-order valence-corrected chi connectivity index (χ2v) is 7.69. The summed E-state index contributed by atoms with van der Waals surface area (Å²) in [6.07, 6.45) is 0.511. The van der Waals surface area contributed by atoms with Gasteiger partial charge in [0.05, 0.1) is 6.04 Å². The van der Waals surface area contributed by atoms with Gasteiger partial charge in [0.25, 0.3) is 0 Å². The third-order valence-corrected chi connectivity index (χ3v) is 5.58. The fraction of sp³-hybridized carbons (Fsp3) is 0.154. The maximum absolute atomic E-state index is 12.8. The van der Waals surface area contributed by atoms with Crippen molar-refractivity contribution in [1.82, 2.24) is 5.32 Å². The lowest BCUT2D eigenvalue weighted by Crippen LogP contribution is -2.50. The van der Waals surface area contributed by atoms with Crippen LogP contribution in [0.1, 0.15) is 11.1 Å². The number of nitrogens with one attached hydrogen (secondary N) is 1. The van der Waals surface area contributed by atoms with Gasteiger partial charge in [-0.25, -0.2) is 4.79 Å². The zero-order valence-corrected chi connectivity index (χ0v) is 17.0. The number of carbonyl (C=O) groups is 2. The van der Waals surface area contributed by atoms with E-state index in [4.69, 9.17) is 5.73 Å². The van der Waals surface area contributed by atoms with Gasteiger partial charge in [-0.05, 0) is 39.1 Å². The molecule has 0 fully saturated rings. The number of hydrogen-bond donors (Lipinski definition) is 3. The van der Waals surface area contributed by atoms with Crippen LogP contribution < -0.4 is 11.1 Å². The Hall–Kier alpha value is -3.70. The highest BCUT2D eigenvalue weighted by Gasteiger charge is 2.24. The number of aliphatic carboxylic acids is 1. The van der Waals surface area contributed by atoms with E-state index in [1.807, 2.05) is 84.9 Å². The number of carboxylic acids is 1. The average molecular weight is 412 g/mol. The molecule has 0 heterocycles. The smallest absolute Gasteiger partial charge is 0.326 e. The van der Waals surface area contributed by atoms with Crippen molar-refractivity contribution in [3.05, 3.63) is 96.1 Å². The van der Waals surface area contributed by atoms with Crippen molar-refractivity contribution in [3.8, 4) is 0 Å². The summed E-state index contributed by atoms with van der Waals surface area (Å²) in [6, 6.07) is 25.4. The van der Waals surface area contributed by atoms with Crippen LogP contribution in [0.25, 0.3) is 21.5 Å². The molecule has 0 bridgehead atoms. The highest BCUT2D eigenvalue weighted by atomic mass is 16.4. The maximum Gasteiger partial charge on any atom is 0.326 e. The normalized spacial score (nSPS) is 13.1. The summed E-state index contributed by atoms with van der Waals surface area (Å²) in [5.74, 6) is -1.56. The van der Waals surface area contributed by atoms with Crippen LogP contribution in [0.2, 0.25) is 0 Å². The molecule has 4 rings (SSSR count). The van der Waals surface area contributed by atoms with Crippen LogP contribution >= 0.6 is 0 Å². The van der Waals surface area contributed by atoms with E-state index in [0.717, 1.165) is 32.7 Å². The van der Waals surface area contributed by atoms with Crippen molar-refractivity contribution >= 4 is 33.4 Å². The molecule has 31 heavy (non-hydrogen) atoms. The molecule has 0 aliphatic carbocycles. The fourth-order valence-electron chi connectivity index (χ4n) is 3.97. The first kappa shape index (κ1) is 20.6. The number of carboxylic acid groups (broad SMARTS) is 1. The summed E-state index contributed by atoms with van der Waals surface area (Å²) in [7, 11) is 0. The molecule has 0 saturated carbocycles. The average Bonchev–Trinajstić information content (AvgIpc) is 2.79. The fourth-order valence-corrected chi connectivity index (χ4v) is 3.97. The van der Waals surface area contributed by atoms with Gasteiger partial charge >= 0.3 is 5.97 Å². The first-order valence-electron chi connectivity index (χ1n) is 10.2. The Morgan fingerprint density at radius 3 is 1.77 bits per heavy atom. The maximum atomic E-state index is 12.8. The molecule has 0 aromatic heterocycles. The second-order valence-electron chi connectivity index (χ2n) is 7.69. The van der Waals surface area contributed by atoms with Gasteiger partial charge in [0, 0.05) is 6.42 Å². The Balaban J connectivity index is 1.50. The topological polar surface area (TPSA) is 92.4 Å². The van der Waals surface area contributed by atoms with Crippen LogP contribution in [-0.4, -0.2) is 29.1 Å². The highest BCUT2D eigenvalue weighted by Crippen LogP contribution is 2.21. The van der Waals surface area contributed by atoms with E-state index in [9.17, 15) is 14.7 Å². The number of carbonyl (C=O) groups excluding carboxylic acids is 1. The number of nitrogens with two attached hydrogens (primary N) is 1. The molecule has 0 aliphatic rings. The Labute approximate surface area is 180 Å². The number of rotatable bonds is 7. The van der Waals surface area contributed by atoms with Crippen LogP contribution in [0.15, 0.2) is 84.9 Å². The van der Waals surface area contributed by atoms with E-state index in [1.54, 1.807) is 0 Å². The molecule has 156 valence electrons. The molecule has 5 heteroatoms. The van der Waals surface area contributed by atoms with Gasteiger partial charge in [-0.3, -0.25) is 4.79 Å². The molecule has 0 saturated heterocycles. The van der Waals surface area contributed by atoms with E-state index < -0.39 is 24.0 Å². The minimum absolute atomic E-state index is 0.184. The Kier molecular flexibility index (Phi) is 5.96. The molecule has 0 aliphatic heterocycles. The standard InChI is InChI=1S/C26H24N2O3/c27-23(15-19-11-5-9-17-7-1-3-13-21(17)19)25(29)28-24(26(30)31)16-20-12-6-10-18-8-2-4-14-22(18)20/h1-14,23-24H,15-16,27H2,(H,28,29)(H,30,31). The lowest BCUT2D eigenvalue weighted by Gasteiger charge is -2.19. The number of fused-ring (bicyclic) bond motifs is 2. The predicted octanol–water partition coefficient (Wildman–Crippen LogP) is 3.67. The first-order valence-corrected chi connectivity index (χ1v) is 10.2. The molecule has 0 spiro atoms. The summed E-state index contributed by atoms with van der Waals surface area (Å²) < 4.78 is 0. The van der Waals surface area contributed by atoms with E-state index >= 15 is 0 Å². The predicted molar refractivity (Wildman–Crippen MR) is 123 cm³/mol. The summed E-state index contributed by atoms with van der Waals surface area (Å²) in [5, 5.41) is 16.5. The van der Waals surface area contributed by atoms with Crippen molar-refractivity contribution < 1.29 is 14.7 Å². The summed E-state index contributed by atoms with van der Waals surface area (Å²) in [6.45, 7) is 0. The zero-order chi connectivity index (χ0) is 21.8. The molecule has 4 N–H and O–H groups in total. The molecular weight excluding hydrogens is 388 g/mol. The molecule has 2 atom stereocenters. The van der Waals surface area contributed by atoms with Crippen molar-refractivity contribution in [3.63, 3.8) is 0 Å². The molecule has 4 aromatic carbocycles. The number of hydrogen-bond acceptors (Lipinski definition) is 3. The van der Waals surface area contributed by atoms with Crippen LogP contribution in [0.5, 0.6) is 0 Å². The van der Waals surface area contributed by atoms with Gasteiger partial charge in [-0.15, -0.1) is 0 Å². The highest BCUT2D eigenvalue weighted by molar-refractivity contribution is 5.90. The lowest BCUT2D eigenvalue weighted by molar-refractivity contribution is -0.141. The summed E-state index contributed by atoms with van der Waals surface area (Å²) >= 11 is 0. The van der Waals surface area contributed by atoms with Gasteiger partial charge in [0.1, 0.15) is 6.04 Å². The van der Waals surface area contributed by atoms with Crippen LogP contribution in [0.3, 0.4) is 0 Å². The second kappa shape index (κ2) is 8.98. The monoisotopic (exact) mass is 412 g/mol. The Morgan fingerprint density at radius 2 is 1.23 bits per heavy atom. The van der Waals surface area contributed by atoms with Crippen LogP contribution in [0.4, 0.5) is 0 Å². The molecule has 5 nitrogen and oxygen atoms in total. The molecule has 4 aromatic rings. The lowest BCUT2D eigenvalue weighted by atomic mass is 9.97. The van der Waals surface area contributed by atoms with E-state index in [0.29, 0.717) is 6.42 Å². The van der Waals surface area contributed by atoms with Crippen molar-refractivity contribution in [2.24, 2.45) is 5.73 Å². The zero-order valence-electron chi connectivity index (χ0n) is 17.0. The van der Waals surface area contributed by atoms with Crippen molar-refractivity contribution in [1.29, 1.82) is 0 Å². The molecule has 1 amide bonds. The van der Waals surface area contributed by atoms with E-state index in [-0.39, 0.29) is 6.42 Å². The van der Waals surface area contributed by atoms with Gasteiger partial charge in [0.2, 0.25) is 5.91 Å². The quantitative estimate of drug-likeness (QED) is 0.432. The first-order chi connectivity index (χ1) is 15.0. The molecule has 2 unspecified atom stereocenters. The number of benzene rings is 4. The van der Waals surface area contributed by atoms with Gasteiger partial charge in [0.15, 0.2) is 0 Å². The largest absolute Gasteiger partial charge is 0.480 e. The van der Waals surface area contributed by atoms with Crippen molar-refractivity contribution in [2.45, 2.75) is 24.9 Å². The molecular formula is C26H24N2O3. The minimum Gasteiger partial charge on any atom is -0.480 e. The summed E-state index contributed by atoms with van der Waals surface area (Å²) in [5.41, 5.74) is 8.00. The third-order valence-electron chi connectivity index (χ3n) is 5.58. The van der Waals surface area contributed by atoms with Crippen LogP contribution in [-0.2, 0) is 22.4 Å². The van der Waals surface area contributed by atoms with Crippen LogP contribution in [0, 0.1) is 0 Å². The summed E-state index contributed by atoms with van der Waals surface area (Å²) in [4.78, 5) is 24.6. The van der Waals surface area contributed by atoms with E-state index in [1.165, 1.54) is 0 Å². The Morgan fingerprint density at radius 1 is 0.742 bits per heavy atom.